The largest absolute Gasteiger partial charge is 0.489 e. The lowest BCUT2D eigenvalue weighted by atomic mass is 10.1. The van der Waals surface area contributed by atoms with E-state index in [9.17, 15) is 14.0 Å². The van der Waals surface area contributed by atoms with Gasteiger partial charge in [0, 0.05) is 12.6 Å². The van der Waals surface area contributed by atoms with Gasteiger partial charge in [0.15, 0.2) is 11.6 Å². The summed E-state index contributed by atoms with van der Waals surface area (Å²) in [5.74, 6) is -0.847. The van der Waals surface area contributed by atoms with E-state index in [1.807, 2.05) is 19.1 Å². The van der Waals surface area contributed by atoms with Crippen LogP contribution in [-0.4, -0.2) is 43.5 Å². The van der Waals surface area contributed by atoms with Crippen LogP contribution in [0, 0.1) is 12.7 Å². The van der Waals surface area contributed by atoms with Gasteiger partial charge in [0.25, 0.3) is 5.91 Å². The number of hydrogen-bond acceptors (Lipinski definition) is 3. The molecule has 132 valence electrons. The fourth-order valence-corrected chi connectivity index (χ4v) is 2.08. The van der Waals surface area contributed by atoms with Crippen molar-refractivity contribution < 1.29 is 18.7 Å². The van der Waals surface area contributed by atoms with Crippen molar-refractivity contribution in [2.45, 2.75) is 6.92 Å². The van der Waals surface area contributed by atoms with Crippen LogP contribution in [-0.2, 0) is 4.79 Å². The quantitative estimate of drug-likeness (QED) is 0.839. The molecule has 2 aromatic carbocycles. The number of ether oxygens (including phenoxy) is 1. The molecule has 2 aromatic rings. The zero-order valence-corrected chi connectivity index (χ0v) is 14.3. The Morgan fingerprint density at radius 2 is 1.80 bits per heavy atom. The summed E-state index contributed by atoms with van der Waals surface area (Å²) in [6, 6.07) is 13.2. The van der Waals surface area contributed by atoms with Gasteiger partial charge in [-0.05, 0) is 31.2 Å². The first kappa shape index (κ1) is 18.4. The molecule has 1 N–H and O–H groups in total. The topological polar surface area (TPSA) is 58.6 Å². The summed E-state index contributed by atoms with van der Waals surface area (Å²) in [7, 11) is 1.60. The van der Waals surface area contributed by atoms with Gasteiger partial charge in [-0.25, -0.2) is 4.39 Å². The summed E-state index contributed by atoms with van der Waals surface area (Å²) in [6.45, 7) is 2.27. The molecule has 0 aliphatic heterocycles. The molecule has 2 amide bonds. The van der Waals surface area contributed by atoms with Crippen molar-refractivity contribution in [3.8, 4) is 5.75 Å². The Kier molecular flexibility index (Phi) is 6.51. The van der Waals surface area contributed by atoms with Gasteiger partial charge in [-0.1, -0.05) is 29.8 Å². The lowest BCUT2D eigenvalue weighted by Gasteiger charge is -2.18. The van der Waals surface area contributed by atoms with E-state index in [0.29, 0.717) is 5.56 Å². The molecule has 0 aliphatic carbocycles. The van der Waals surface area contributed by atoms with Crippen LogP contribution in [0.1, 0.15) is 15.9 Å². The summed E-state index contributed by atoms with van der Waals surface area (Å²) in [5, 5.41) is 2.59. The molecule has 0 aliphatic rings. The number of nitrogens with one attached hydrogen (secondary N) is 1. The van der Waals surface area contributed by atoms with Gasteiger partial charge in [-0.3, -0.25) is 9.59 Å². The molecule has 5 nitrogen and oxygen atoms in total. The third-order valence-corrected chi connectivity index (χ3v) is 3.66. The van der Waals surface area contributed by atoms with E-state index in [0.717, 1.165) is 5.56 Å². The Balaban J connectivity index is 1.73. The van der Waals surface area contributed by atoms with E-state index < -0.39 is 5.82 Å². The van der Waals surface area contributed by atoms with Crippen molar-refractivity contribution in [1.82, 2.24) is 10.2 Å². The molecule has 0 radical (unpaired) electrons. The summed E-state index contributed by atoms with van der Waals surface area (Å²) >= 11 is 0. The van der Waals surface area contributed by atoms with Crippen LogP contribution in [0.25, 0.3) is 0 Å². The average molecular weight is 344 g/mol. The fourth-order valence-electron chi connectivity index (χ4n) is 2.08. The monoisotopic (exact) mass is 344 g/mol. The lowest BCUT2D eigenvalue weighted by molar-refractivity contribution is -0.129. The van der Waals surface area contributed by atoms with Gasteiger partial charge in [0.1, 0.15) is 6.61 Å². The van der Waals surface area contributed by atoms with Crippen molar-refractivity contribution >= 4 is 11.8 Å². The van der Waals surface area contributed by atoms with Gasteiger partial charge >= 0.3 is 0 Å². The summed E-state index contributed by atoms with van der Waals surface area (Å²) in [4.78, 5) is 25.4. The Morgan fingerprint density at radius 1 is 1.12 bits per heavy atom. The number of amides is 2. The molecule has 0 spiro atoms. The highest BCUT2D eigenvalue weighted by atomic mass is 19.1. The molecule has 0 fully saturated rings. The third-order valence-electron chi connectivity index (χ3n) is 3.66. The second kappa shape index (κ2) is 8.82. The van der Waals surface area contributed by atoms with E-state index in [2.05, 4.69) is 5.32 Å². The first-order valence-electron chi connectivity index (χ1n) is 7.93. The molecule has 0 aromatic heterocycles. The maximum absolute atomic E-state index is 13.4. The first-order valence-corrected chi connectivity index (χ1v) is 7.93. The number of benzene rings is 2. The summed E-state index contributed by atoms with van der Waals surface area (Å²) in [5.41, 5.74) is 1.56. The van der Waals surface area contributed by atoms with Crippen LogP contribution in [0.3, 0.4) is 0 Å². The van der Waals surface area contributed by atoms with E-state index in [1.54, 1.807) is 31.3 Å². The third kappa shape index (κ3) is 5.60. The van der Waals surface area contributed by atoms with Crippen LogP contribution in [0.5, 0.6) is 5.75 Å². The molecule has 25 heavy (non-hydrogen) atoms. The van der Waals surface area contributed by atoms with Crippen LogP contribution in [0.15, 0.2) is 48.5 Å². The maximum Gasteiger partial charge on any atom is 0.251 e. The molecule has 0 saturated heterocycles. The SMILES string of the molecule is Cc1ccc(C(=O)NCC(=O)N(C)CCOc2ccccc2F)cc1. The number of hydrogen-bond donors (Lipinski definition) is 1. The minimum Gasteiger partial charge on any atom is -0.489 e. The second-order valence-electron chi connectivity index (χ2n) is 5.64. The Bertz CT molecular complexity index is 732. The number of carbonyl (C=O) groups is 2. The van der Waals surface area contributed by atoms with Gasteiger partial charge in [0.2, 0.25) is 5.91 Å². The molecule has 0 unspecified atom stereocenters. The van der Waals surface area contributed by atoms with E-state index >= 15 is 0 Å². The predicted octanol–water partition coefficient (Wildman–Crippen LogP) is 2.40. The Morgan fingerprint density at radius 3 is 2.48 bits per heavy atom. The van der Waals surface area contributed by atoms with Crippen LogP contribution >= 0.6 is 0 Å². The number of aryl methyl sites for hydroxylation is 1. The molecule has 6 heteroatoms. The number of rotatable bonds is 7. The molecular formula is C19H21FN2O3. The molecule has 0 atom stereocenters. The number of para-hydroxylation sites is 1. The average Bonchev–Trinajstić information content (AvgIpc) is 2.61. The minimum absolute atomic E-state index is 0.108. The van der Waals surface area contributed by atoms with E-state index in [1.165, 1.54) is 17.0 Å². The predicted molar refractivity (Wildman–Crippen MR) is 93.0 cm³/mol. The highest BCUT2D eigenvalue weighted by molar-refractivity contribution is 5.96. The zero-order chi connectivity index (χ0) is 18.2. The van der Waals surface area contributed by atoms with E-state index in [4.69, 9.17) is 4.74 Å². The number of nitrogens with zero attached hydrogens (tertiary/aromatic N) is 1. The van der Waals surface area contributed by atoms with Crippen LogP contribution in [0.4, 0.5) is 4.39 Å². The van der Waals surface area contributed by atoms with Crippen molar-refractivity contribution in [2.24, 2.45) is 0 Å². The maximum atomic E-state index is 13.4. The molecule has 0 heterocycles. The molecule has 2 rings (SSSR count). The highest BCUT2D eigenvalue weighted by Crippen LogP contribution is 2.14. The van der Waals surface area contributed by atoms with Crippen molar-refractivity contribution in [1.29, 1.82) is 0 Å². The van der Waals surface area contributed by atoms with E-state index in [-0.39, 0.29) is 37.3 Å². The number of halogens is 1. The number of carbonyl (C=O) groups excluding carboxylic acids is 2. The molecule has 0 bridgehead atoms. The van der Waals surface area contributed by atoms with Crippen molar-refractivity contribution in [3.05, 3.63) is 65.5 Å². The fraction of sp³-hybridized carbons (Fsp3) is 0.263. The summed E-state index contributed by atoms with van der Waals surface area (Å²) < 4.78 is 18.7. The van der Waals surface area contributed by atoms with Gasteiger partial charge in [0.05, 0.1) is 13.1 Å². The Hall–Kier alpha value is -2.89. The highest BCUT2D eigenvalue weighted by Gasteiger charge is 2.12. The standard InChI is InChI=1S/C19H21FN2O3/c1-14-7-9-15(10-8-14)19(24)21-13-18(23)22(2)11-12-25-17-6-4-3-5-16(17)20/h3-10H,11-13H2,1-2H3,(H,21,24). The lowest BCUT2D eigenvalue weighted by Crippen LogP contribution is -2.39. The summed E-state index contributed by atoms with van der Waals surface area (Å²) in [6.07, 6.45) is 0. The van der Waals surface area contributed by atoms with Gasteiger partial charge in [-0.2, -0.15) is 0 Å². The van der Waals surface area contributed by atoms with Crippen LogP contribution in [0.2, 0.25) is 0 Å². The van der Waals surface area contributed by atoms with Gasteiger partial charge < -0.3 is 15.0 Å². The zero-order valence-electron chi connectivity index (χ0n) is 14.3. The van der Waals surface area contributed by atoms with Gasteiger partial charge in [-0.15, -0.1) is 0 Å². The van der Waals surface area contributed by atoms with Crippen molar-refractivity contribution in [3.63, 3.8) is 0 Å². The molecule has 0 saturated carbocycles. The Labute approximate surface area is 146 Å². The van der Waals surface area contributed by atoms with Crippen LogP contribution < -0.4 is 10.1 Å². The van der Waals surface area contributed by atoms with Crippen molar-refractivity contribution in [2.75, 3.05) is 26.7 Å². The minimum atomic E-state index is -0.443. The molecular weight excluding hydrogens is 323 g/mol. The first-order chi connectivity index (χ1) is 12.0. The smallest absolute Gasteiger partial charge is 0.251 e. The second-order valence-corrected chi connectivity index (χ2v) is 5.64. The normalized spacial score (nSPS) is 10.2. The number of likely N-dealkylation sites (N-methyl/N-ethyl adjacent to an activating group) is 1.